The fraction of sp³-hybridized carbons (Fsp3) is 0.300. The molecule has 0 fully saturated rings. The van der Waals surface area contributed by atoms with Crippen LogP contribution < -0.4 is 5.73 Å². The van der Waals surface area contributed by atoms with Gasteiger partial charge in [0.15, 0.2) is 0 Å². The molecule has 90 valence electrons. The molecule has 0 aliphatic carbocycles. The first-order valence-corrected chi connectivity index (χ1v) is 4.53. The average Bonchev–Trinajstić information content (AvgIpc) is 2.28. The molecule has 2 N–H and O–H groups in total. The van der Waals surface area contributed by atoms with E-state index in [9.17, 15) is 13.6 Å². The van der Waals surface area contributed by atoms with Crippen molar-refractivity contribution in [2.75, 3.05) is 12.8 Å². The summed E-state index contributed by atoms with van der Waals surface area (Å²) in [7, 11) is 1.13. The quantitative estimate of drug-likeness (QED) is 0.803. The van der Waals surface area contributed by atoms with Crippen molar-refractivity contribution in [1.82, 2.24) is 4.98 Å². The number of halogens is 2. The van der Waals surface area contributed by atoms with Crippen LogP contribution in [0.5, 0.6) is 0 Å². The van der Waals surface area contributed by atoms with Crippen LogP contribution in [0.25, 0.3) is 0 Å². The first-order valence-electron chi connectivity index (χ1n) is 4.53. The molecule has 7 heteroatoms. The molecular formula is C10H9F2N3O2. The van der Waals surface area contributed by atoms with Gasteiger partial charge in [0.05, 0.1) is 19.1 Å². The van der Waals surface area contributed by atoms with E-state index in [-0.39, 0.29) is 16.9 Å². The van der Waals surface area contributed by atoms with Crippen molar-refractivity contribution < 1.29 is 18.3 Å². The summed E-state index contributed by atoms with van der Waals surface area (Å²) < 4.78 is 29.7. The minimum atomic E-state index is -2.84. The molecular weight excluding hydrogens is 232 g/mol. The third-order valence-electron chi connectivity index (χ3n) is 2.14. The van der Waals surface area contributed by atoms with Gasteiger partial charge >= 0.3 is 5.97 Å². The third kappa shape index (κ3) is 2.66. The van der Waals surface area contributed by atoms with Crippen molar-refractivity contribution in [3.63, 3.8) is 0 Å². The van der Waals surface area contributed by atoms with Crippen molar-refractivity contribution in [2.45, 2.75) is 12.8 Å². The zero-order valence-electron chi connectivity index (χ0n) is 8.91. The molecule has 1 heterocycles. The minimum Gasteiger partial charge on any atom is -0.469 e. The molecule has 17 heavy (non-hydrogen) atoms. The van der Waals surface area contributed by atoms with E-state index < -0.39 is 24.4 Å². The molecule has 0 amide bonds. The Bertz CT molecular complexity index is 483. The summed E-state index contributed by atoms with van der Waals surface area (Å²) in [5, 5.41) is 8.82. The largest absolute Gasteiger partial charge is 0.469 e. The van der Waals surface area contributed by atoms with Crippen LogP contribution in [-0.2, 0) is 16.0 Å². The molecule has 0 bridgehead atoms. The number of hydrogen-bond donors (Lipinski definition) is 1. The van der Waals surface area contributed by atoms with E-state index >= 15 is 0 Å². The number of nitriles is 1. The van der Waals surface area contributed by atoms with Gasteiger partial charge in [-0.3, -0.25) is 4.79 Å². The molecule has 5 nitrogen and oxygen atoms in total. The number of alkyl halides is 2. The topological polar surface area (TPSA) is 89.0 Å². The van der Waals surface area contributed by atoms with Crippen LogP contribution in [-0.4, -0.2) is 18.1 Å². The van der Waals surface area contributed by atoms with Crippen molar-refractivity contribution in [2.24, 2.45) is 0 Å². The van der Waals surface area contributed by atoms with Gasteiger partial charge in [-0.25, -0.2) is 13.8 Å². The Morgan fingerprint density at radius 3 is 2.82 bits per heavy atom. The number of aromatic nitrogens is 1. The van der Waals surface area contributed by atoms with Gasteiger partial charge in [-0.1, -0.05) is 0 Å². The van der Waals surface area contributed by atoms with E-state index in [4.69, 9.17) is 11.0 Å². The van der Waals surface area contributed by atoms with Crippen LogP contribution >= 0.6 is 0 Å². The average molecular weight is 241 g/mol. The van der Waals surface area contributed by atoms with Gasteiger partial charge in [-0.15, -0.1) is 0 Å². The zero-order valence-corrected chi connectivity index (χ0v) is 8.91. The summed E-state index contributed by atoms with van der Waals surface area (Å²) in [6.45, 7) is 0. The Hall–Kier alpha value is -2.23. The molecule has 0 saturated heterocycles. The number of ether oxygens (including phenoxy) is 1. The number of pyridine rings is 1. The van der Waals surface area contributed by atoms with E-state index in [2.05, 4.69) is 9.72 Å². The maximum Gasteiger partial charge on any atom is 0.310 e. The van der Waals surface area contributed by atoms with Gasteiger partial charge in [-0.2, -0.15) is 5.26 Å². The highest BCUT2D eigenvalue weighted by atomic mass is 19.3. The minimum absolute atomic E-state index is 0.137. The van der Waals surface area contributed by atoms with Crippen LogP contribution in [0.2, 0.25) is 0 Å². The number of methoxy groups -OCH3 is 1. The molecule has 0 atom stereocenters. The Kier molecular flexibility index (Phi) is 3.93. The van der Waals surface area contributed by atoms with E-state index in [0.717, 1.165) is 13.3 Å². The SMILES string of the molecule is COC(=O)Cc1c(C(F)F)cnc(N)c1C#N. The van der Waals surface area contributed by atoms with Gasteiger partial charge in [0.2, 0.25) is 0 Å². The highest BCUT2D eigenvalue weighted by Crippen LogP contribution is 2.27. The first-order chi connectivity index (χ1) is 8.01. The van der Waals surface area contributed by atoms with Gasteiger partial charge in [0, 0.05) is 11.8 Å². The monoisotopic (exact) mass is 241 g/mol. The van der Waals surface area contributed by atoms with Crippen molar-refractivity contribution in [3.05, 3.63) is 22.9 Å². The molecule has 0 radical (unpaired) electrons. The first kappa shape index (κ1) is 12.8. The Balaban J connectivity index is 3.35. The molecule has 0 aromatic carbocycles. The molecule has 0 unspecified atom stereocenters. The molecule has 0 saturated carbocycles. The van der Waals surface area contributed by atoms with Crippen LogP contribution in [0.3, 0.4) is 0 Å². The summed E-state index contributed by atoms with van der Waals surface area (Å²) in [5.74, 6) is -0.912. The van der Waals surface area contributed by atoms with Crippen LogP contribution in [0, 0.1) is 11.3 Å². The lowest BCUT2D eigenvalue weighted by atomic mass is 10.0. The van der Waals surface area contributed by atoms with Gasteiger partial charge < -0.3 is 10.5 Å². The van der Waals surface area contributed by atoms with Crippen LogP contribution in [0.1, 0.15) is 23.1 Å². The number of esters is 1. The standard InChI is InChI=1S/C10H9F2N3O2/c1-17-8(16)2-5-6(3-13)10(14)15-4-7(5)9(11)12/h4,9H,2H2,1H3,(H2,14,15). The van der Waals surface area contributed by atoms with Gasteiger partial charge in [0.25, 0.3) is 6.43 Å². The number of carbonyl (C=O) groups is 1. The van der Waals surface area contributed by atoms with Crippen LogP contribution in [0.15, 0.2) is 6.20 Å². The fourth-order valence-electron chi connectivity index (χ4n) is 1.30. The molecule has 1 aromatic rings. The van der Waals surface area contributed by atoms with Crippen molar-refractivity contribution in [1.29, 1.82) is 5.26 Å². The van der Waals surface area contributed by atoms with Crippen molar-refractivity contribution >= 4 is 11.8 Å². The molecule has 0 spiro atoms. The summed E-state index contributed by atoms with van der Waals surface area (Å²) in [6, 6.07) is 1.66. The predicted molar refractivity (Wildman–Crippen MR) is 54.0 cm³/mol. The Labute approximate surface area is 95.8 Å². The number of anilines is 1. The highest BCUT2D eigenvalue weighted by Gasteiger charge is 2.21. The van der Waals surface area contributed by atoms with E-state index in [1.807, 2.05) is 0 Å². The number of nitrogens with two attached hydrogens (primary N) is 1. The number of hydrogen-bond acceptors (Lipinski definition) is 5. The Morgan fingerprint density at radius 2 is 2.35 bits per heavy atom. The zero-order chi connectivity index (χ0) is 13.0. The predicted octanol–water partition coefficient (Wildman–Crippen LogP) is 1.19. The molecule has 1 rings (SSSR count). The maximum absolute atomic E-state index is 12.7. The van der Waals surface area contributed by atoms with E-state index in [1.54, 1.807) is 6.07 Å². The van der Waals surface area contributed by atoms with E-state index in [1.165, 1.54) is 0 Å². The summed E-state index contributed by atoms with van der Waals surface area (Å²) in [4.78, 5) is 14.6. The lowest BCUT2D eigenvalue weighted by Crippen LogP contribution is -2.11. The molecule has 0 aliphatic rings. The summed E-state index contributed by atoms with van der Waals surface area (Å²) >= 11 is 0. The molecule has 1 aromatic heterocycles. The number of nitrogens with zero attached hydrogens (tertiary/aromatic N) is 2. The summed E-state index contributed by atoms with van der Waals surface area (Å²) in [5.41, 5.74) is 4.55. The second-order valence-electron chi connectivity index (χ2n) is 3.12. The fourth-order valence-corrected chi connectivity index (χ4v) is 1.30. The second-order valence-corrected chi connectivity index (χ2v) is 3.12. The highest BCUT2D eigenvalue weighted by molar-refractivity contribution is 5.75. The number of rotatable bonds is 3. The smallest absolute Gasteiger partial charge is 0.310 e. The van der Waals surface area contributed by atoms with Crippen molar-refractivity contribution in [3.8, 4) is 6.07 Å². The summed E-state index contributed by atoms with van der Waals surface area (Å²) in [6.07, 6.45) is -2.42. The number of nitrogen functional groups attached to an aromatic ring is 1. The lowest BCUT2D eigenvalue weighted by Gasteiger charge is -2.10. The van der Waals surface area contributed by atoms with E-state index in [0.29, 0.717) is 0 Å². The van der Waals surface area contributed by atoms with Gasteiger partial charge in [0.1, 0.15) is 11.9 Å². The Morgan fingerprint density at radius 1 is 1.71 bits per heavy atom. The maximum atomic E-state index is 12.7. The third-order valence-corrected chi connectivity index (χ3v) is 2.14. The van der Waals surface area contributed by atoms with Gasteiger partial charge in [-0.05, 0) is 5.56 Å². The molecule has 0 aliphatic heterocycles. The normalized spacial score (nSPS) is 10.1. The van der Waals surface area contributed by atoms with Crippen LogP contribution in [0.4, 0.5) is 14.6 Å². The lowest BCUT2D eigenvalue weighted by molar-refractivity contribution is -0.139. The number of carbonyl (C=O) groups excluding carboxylic acids is 1. The second kappa shape index (κ2) is 5.21.